The second kappa shape index (κ2) is 44.8. The molecule has 2 aliphatic heterocycles. The quantitative estimate of drug-likeness (QED) is 0.0274. The van der Waals surface area contributed by atoms with Gasteiger partial charge in [0.15, 0.2) is 23.1 Å². The number of aliphatic carboxylic acids is 3. The van der Waals surface area contributed by atoms with Crippen molar-refractivity contribution < 1.29 is 88.5 Å². The van der Waals surface area contributed by atoms with E-state index in [1.54, 1.807) is 75.3 Å². The molecule has 3 aromatic carbocycles. The number of aromatic amines is 1. The molecule has 4 amide bonds. The van der Waals surface area contributed by atoms with Crippen molar-refractivity contribution in [3.05, 3.63) is 102 Å². The number of phenols is 1. The van der Waals surface area contributed by atoms with Crippen molar-refractivity contribution >= 4 is 97.2 Å². The van der Waals surface area contributed by atoms with Gasteiger partial charge in [-0.1, -0.05) is 96.1 Å². The van der Waals surface area contributed by atoms with Gasteiger partial charge >= 0.3 is 17.9 Å². The van der Waals surface area contributed by atoms with Gasteiger partial charge in [0.25, 0.3) is 0 Å². The number of phenolic OH excluding ortho intramolecular Hbond substituents is 1. The number of H-pyrrole nitrogens is 1. The number of aromatic nitrogens is 1. The normalized spacial score (nSPS) is 21.8. The lowest BCUT2D eigenvalue weighted by molar-refractivity contribution is -0.140. The minimum absolute atomic E-state index is 0.0406. The molecule has 0 unspecified atom stereocenters. The van der Waals surface area contributed by atoms with Crippen molar-refractivity contribution in [3.63, 3.8) is 0 Å². The molecule has 4 aromatic rings. The first kappa shape index (κ1) is 85.0. The maximum Gasteiger partial charge on any atom is 0.317 e. The number of amides is 4. The lowest BCUT2D eigenvalue weighted by atomic mass is 9.87. The third-order valence-corrected chi connectivity index (χ3v) is 20.6. The number of carboxylic acids is 3. The molecule has 10 atom stereocenters. The van der Waals surface area contributed by atoms with E-state index in [0.717, 1.165) is 32.5 Å². The molecule has 0 bridgehead atoms. The maximum atomic E-state index is 15.4. The Morgan fingerprint density at radius 1 is 0.618 bits per heavy atom. The van der Waals surface area contributed by atoms with E-state index in [0.29, 0.717) is 36.1 Å². The number of unbranched alkanes of at least 4 members (excludes halogenated alkanes) is 1. The number of benzene rings is 3. The summed E-state index contributed by atoms with van der Waals surface area (Å²) in [6.45, 7) is 6.05. The molecule has 13 N–H and O–H groups in total. The lowest BCUT2D eigenvalue weighted by Crippen LogP contribution is -2.52. The highest BCUT2D eigenvalue weighted by Crippen LogP contribution is 2.30. The van der Waals surface area contributed by atoms with Crippen LogP contribution in [0.25, 0.3) is 10.9 Å². The van der Waals surface area contributed by atoms with Gasteiger partial charge in [-0.15, -0.1) is 0 Å². The average molecular weight is 1460 g/mol. The molecule has 562 valence electrons. The Balaban J connectivity index is 0.00000928. The molecular formula is C72H104N10O18S2. The van der Waals surface area contributed by atoms with Crippen LogP contribution < -0.4 is 26.6 Å². The molecule has 2 aliphatic rings. The molecule has 6 rings (SSSR count). The summed E-state index contributed by atoms with van der Waals surface area (Å²) in [5.41, 5.74) is 2.51. The average Bonchev–Trinajstić information content (AvgIpc) is 1.63. The van der Waals surface area contributed by atoms with Crippen LogP contribution in [0.2, 0.25) is 0 Å². The van der Waals surface area contributed by atoms with Gasteiger partial charge in [0.1, 0.15) is 5.75 Å². The van der Waals surface area contributed by atoms with Gasteiger partial charge in [-0.3, -0.25) is 72.3 Å². The van der Waals surface area contributed by atoms with Crippen LogP contribution in [0, 0.1) is 23.7 Å². The summed E-state index contributed by atoms with van der Waals surface area (Å²) < 4.78 is 0. The van der Waals surface area contributed by atoms with Crippen molar-refractivity contribution in [3.8, 4) is 5.75 Å². The summed E-state index contributed by atoms with van der Waals surface area (Å²) in [6, 6.07) is 16.7. The molecule has 3 heterocycles. The van der Waals surface area contributed by atoms with E-state index in [4.69, 9.17) is 0 Å². The molecule has 1 aromatic heterocycles. The minimum atomic E-state index is -1.47. The van der Waals surface area contributed by atoms with Gasteiger partial charge in [-0.05, 0) is 101 Å². The van der Waals surface area contributed by atoms with E-state index in [1.807, 2.05) is 38.1 Å². The zero-order chi connectivity index (χ0) is 74.8. The Labute approximate surface area is 603 Å². The summed E-state index contributed by atoms with van der Waals surface area (Å²) >= 11 is 0. The highest BCUT2D eigenvalue weighted by atomic mass is 33.1. The Kier molecular flexibility index (Phi) is 37.3. The number of Topliss-reactive ketones (excluding diaryl/α,β-unsaturated/α-hetero) is 4. The fourth-order valence-corrected chi connectivity index (χ4v) is 14.7. The standard InChI is InChI=1S/C70H98N10O18S2.C2H6/c1-44(82)50(41-81)33-62(87)59-43-100-99-42-51(34-61(86)57(29-46-11-5-4-6-12-46)73-64(89)37-77-21-23-78(38-65(90)91)25-27-80(40-67(94)95)28-26-79(24-22-77)39-66(92)93)69(97)75-58(30-47-16-18-52(84)19-17-47)60(85)32-48(31-49-36-72-55-14-8-7-13-53(49)55)68(96)74-56(15-9-10-20-71-3)63(88)35-54(45(2)83)70(98)76-59;1-2/h4-8,11-14,16-19,36,44-45,48,50-51,54,56-59,71-72,81-84H,9-10,15,20-35,37-43H2,1-3H3,(H,73,89)(H,74,96)(H,75,97)(H,76,98)(H,90,91)(H,92,93)(H,94,95);1-2H3/t44-,45-,48+,50-,51+,54+,56+,57-,58+,59+;/m1./s1. The molecule has 0 radical (unpaired) electrons. The van der Waals surface area contributed by atoms with E-state index in [2.05, 4.69) is 31.6 Å². The van der Waals surface area contributed by atoms with Crippen LogP contribution in [0.4, 0.5) is 0 Å². The SMILES string of the molecule is CC.CNCCCC[C@@H]1NC(=O)[C@@H](Cc2c[nH]c3ccccc23)CC(=O)[C@H](Cc2ccc(O)cc2)NC(=O)[C@@H](CC(=O)[C@@H](Cc2ccccc2)NC(=O)CN2CCN(CC(=O)O)CCN(CC(=O)O)CCN(CC(=O)O)CC2)CSSC[C@@H](C(=O)C[C@H](CO)[C@@H](C)O)NC(=O)[C@H]([C@@H](C)O)CC1=O. The number of aliphatic hydroxyl groups excluding tert-OH is 3. The van der Waals surface area contributed by atoms with E-state index >= 15 is 19.2 Å². The number of nitrogens with zero attached hydrogens (tertiary/aromatic N) is 4. The van der Waals surface area contributed by atoms with Crippen LogP contribution >= 0.6 is 21.6 Å². The van der Waals surface area contributed by atoms with Gasteiger partial charge in [-0.25, -0.2) is 0 Å². The zero-order valence-corrected chi connectivity index (χ0v) is 60.6. The first-order chi connectivity index (χ1) is 48.8. The predicted octanol–water partition coefficient (Wildman–Crippen LogP) is 2.18. The van der Waals surface area contributed by atoms with Crippen molar-refractivity contribution in [1.29, 1.82) is 0 Å². The summed E-state index contributed by atoms with van der Waals surface area (Å²) in [7, 11) is 3.82. The monoisotopic (exact) mass is 1460 g/mol. The van der Waals surface area contributed by atoms with Crippen molar-refractivity contribution in [2.45, 2.75) is 128 Å². The number of rotatable bonds is 29. The molecule has 0 saturated carbocycles. The van der Waals surface area contributed by atoms with E-state index in [1.165, 1.54) is 26.0 Å². The number of carboxylic acid groups (broad SMARTS) is 3. The van der Waals surface area contributed by atoms with Crippen LogP contribution in [-0.4, -0.2) is 272 Å². The number of para-hydroxylation sites is 1. The molecular weight excluding hydrogens is 1360 g/mol. The fourth-order valence-electron chi connectivity index (χ4n) is 12.2. The van der Waals surface area contributed by atoms with Crippen molar-refractivity contribution in [2.24, 2.45) is 23.7 Å². The Morgan fingerprint density at radius 3 is 1.72 bits per heavy atom. The molecule has 2 fully saturated rings. The van der Waals surface area contributed by atoms with Crippen LogP contribution in [0.15, 0.2) is 85.1 Å². The van der Waals surface area contributed by atoms with E-state index in [-0.39, 0.29) is 108 Å². The minimum Gasteiger partial charge on any atom is -0.508 e. The fraction of sp³-hybridized carbons (Fsp3) is 0.569. The van der Waals surface area contributed by atoms with Gasteiger partial charge in [-0.2, -0.15) is 0 Å². The number of fused-ring (bicyclic) bond motifs is 1. The summed E-state index contributed by atoms with van der Waals surface area (Å²) in [5, 5.41) is 86.8. The number of carbonyl (C=O) groups excluding carboxylic acids is 8. The summed E-state index contributed by atoms with van der Waals surface area (Å²) in [6.07, 6.45) is -2.13. The zero-order valence-electron chi connectivity index (χ0n) is 59.0. The number of hydrogen-bond acceptors (Lipinski definition) is 22. The van der Waals surface area contributed by atoms with Gasteiger partial charge in [0.2, 0.25) is 23.6 Å². The Hall–Kier alpha value is -7.65. The van der Waals surface area contributed by atoms with Crippen LogP contribution in [0.3, 0.4) is 0 Å². The van der Waals surface area contributed by atoms with Crippen molar-refractivity contribution in [2.75, 3.05) is 110 Å². The second-order valence-corrected chi connectivity index (χ2v) is 28.5. The third kappa shape index (κ3) is 29.6. The molecule has 102 heavy (non-hydrogen) atoms. The summed E-state index contributed by atoms with van der Waals surface area (Å²) in [5.74, 6) is -14.3. The van der Waals surface area contributed by atoms with Crippen LogP contribution in [0.1, 0.15) is 89.3 Å². The molecule has 0 aliphatic carbocycles. The third-order valence-electron chi connectivity index (χ3n) is 18.1. The molecule has 28 nitrogen and oxygen atoms in total. The second-order valence-electron chi connectivity index (χ2n) is 26.0. The Morgan fingerprint density at radius 2 is 1.16 bits per heavy atom. The van der Waals surface area contributed by atoms with Crippen molar-refractivity contribution in [1.82, 2.24) is 51.2 Å². The smallest absolute Gasteiger partial charge is 0.317 e. The van der Waals surface area contributed by atoms with Gasteiger partial charge < -0.3 is 67.3 Å². The highest BCUT2D eigenvalue weighted by Gasteiger charge is 2.38. The lowest BCUT2D eigenvalue weighted by Gasteiger charge is -2.33. The molecule has 30 heteroatoms. The highest BCUT2D eigenvalue weighted by molar-refractivity contribution is 8.76. The van der Waals surface area contributed by atoms with E-state index < -0.39 is 170 Å². The van der Waals surface area contributed by atoms with Crippen LogP contribution in [0.5, 0.6) is 5.75 Å². The van der Waals surface area contributed by atoms with Gasteiger partial charge in [0, 0.05) is 125 Å². The van der Waals surface area contributed by atoms with Gasteiger partial charge in [0.05, 0.1) is 74.4 Å². The number of carbonyl (C=O) groups is 11. The number of hydrogen-bond donors (Lipinski definition) is 13. The number of aromatic hydroxyl groups is 1. The van der Waals surface area contributed by atoms with E-state index in [9.17, 15) is 69.3 Å². The predicted molar refractivity (Wildman–Crippen MR) is 387 cm³/mol. The molecule has 0 spiro atoms. The molecule has 2 saturated heterocycles. The largest absolute Gasteiger partial charge is 0.508 e. The maximum absolute atomic E-state index is 15.4. The number of nitrogens with one attached hydrogen (secondary N) is 6. The summed E-state index contributed by atoms with van der Waals surface area (Å²) in [4.78, 5) is 165. The first-order valence-electron chi connectivity index (χ1n) is 34.9. The number of ketones is 4. The Bertz CT molecular complexity index is 3330. The first-order valence-corrected chi connectivity index (χ1v) is 37.4. The van der Waals surface area contributed by atoms with Crippen LogP contribution in [-0.2, 0) is 72.0 Å². The number of aliphatic hydroxyl groups is 3. The topological polar surface area (TPSA) is 418 Å².